The quantitative estimate of drug-likeness (QED) is 0.340. The third-order valence-corrected chi connectivity index (χ3v) is 4.65. The number of hydrogen-bond acceptors (Lipinski definition) is 5. The summed E-state index contributed by atoms with van der Waals surface area (Å²) in [5, 5.41) is 19.3. The van der Waals surface area contributed by atoms with Crippen LogP contribution in [0.3, 0.4) is 0 Å². The third-order valence-electron chi connectivity index (χ3n) is 2.94. The van der Waals surface area contributed by atoms with Gasteiger partial charge in [0, 0.05) is 5.56 Å². The van der Waals surface area contributed by atoms with Gasteiger partial charge in [0.05, 0.1) is 0 Å². The zero-order valence-corrected chi connectivity index (χ0v) is 15.1. The van der Waals surface area contributed by atoms with E-state index in [0.717, 1.165) is 16.7 Å². The van der Waals surface area contributed by atoms with E-state index in [-0.39, 0.29) is 11.5 Å². The Morgan fingerprint density at radius 2 is 1.32 bits per heavy atom. The van der Waals surface area contributed by atoms with E-state index < -0.39 is 15.6 Å². The van der Waals surface area contributed by atoms with Gasteiger partial charge in [-0.05, 0) is 48.7 Å². The number of phosphoric acid groups is 2. The fourth-order valence-corrected chi connectivity index (χ4v) is 3.21. The van der Waals surface area contributed by atoms with Gasteiger partial charge in [-0.15, -0.1) is 0 Å². The van der Waals surface area contributed by atoms with Crippen molar-refractivity contribution in [1.29, 1.82) is 0 Å². The van der Waals surface area contributed by atoms with E-state index in [0.29, 0.717) is 5.56 Å². The van der Waals surface area contributed by atoms with Crippen LogP contribution in [0.5, 0.6) is 11.5 Å². The Kier molecular flexibility index (Phi) is 6.93. The molecule has 2 rings (SSSR count). The number of aryl methyl sites for hydroxylation is 2. The van der Waals surface area contributed by atoms with E-state index in [1.54, 1.807) is 6.07 Å². The van der Waals surface area contributed by atoms with Crippen molar-refractivity contribution in [2.45, 2.75) is 13.8 Å². The summed E-state index contributed by atoms with van der Waals surface area (Å²) in [5.74, 6) is 0.352. The second-order valence-corrected chi connectivity index (χ2v) is 7.65. The Morgan fingerprint density at radius 3 is 1.72 bits per heavy atom. The summed E-state index contributed by atoms with van der Waals surface area (Å²) in [5.41, 5.74) is 3.83. The molecule has 0 amide bonds. The normalized spacial score (nSPS) is 11.6. The molecule has 138 valence electrons. The molecule has 0 spiro atoms. The molecule has 0 saturated carbocycles. The lowest BCUT2D eigenvalue weighted by Crippen LogP contribution is -1.88. The van der Waals surface area contributed by atoms with E-state index in [2.05, 4.69) is 4.31 Å². The van der Waals surface area contributed by atoms with Crippen LogP contribution in [-0.4, -0.2) is 29.8 Å². The predicted octanol–water partition coefficient (Wildman–Crippen LogP) is 2.57. The molecule has 0 aliphatic heterocycles. The Hall–Kier alpha value is -1.70. The Labute approximate surface area is 143 Å². The van der Waals surface area contributed by atoms with Gasteiger partial charge in [0.2, 0.25) is 0 Å². The number of aromatic hydroxyl groups is 2. The summed E-state index contributed by atoms with van der Waals surface area (Å²) in [6.45, 7) is 3.98. The van der Waals surface area contributed by atoms with Crippen LogP contribution >= 0.6 is 15.6 Å². The van der Waals surface area contributed by atoms with Crippen LogP contribution in [0.4, 0.5) is 0 Å². The van der Waals surface area contributed by atoms with Gasteiger partial charge in [0.15, 0.2) is 0 Å². The zero-order valence-electron chi connectivity index (χ0n) is 13.3. The maximum Gasteiger partial charge on any atom is 0.478 e. The maximum absolute atomic E-state index is 9.83. The van der Waals surface area contributed by atoms with E-state index >= 15 is 0 Å². The molecule has 2 aromatic rings. The molecule has 0 fully saturated rings. The smallest absolute Gasteiger partial charge is 0.478 e. The largest absolute Gasteiger partial charge is 0.508 e. The van der Waals surface area contributed by atoms with Crippen molar-refractivity contribution in [2.24, 2.45) is 0 Å². The van der Waals surface area contributed by atoms with Crippen LogP contribution < -0.4 is 0 Å². The maximum atomic E-state index is 9.83. The number of hydrogen-bond donors (Lipinski definition) is 6. The Bertz CT molecular complexity index is 798. The number of phenols is 2. The van der Waals surface area contributed by atoms with Crippen LogP contribution in [-0.2, 0) is 13.4 Å². The molecular formula is C14H18O9P2. The number of benzene rings is 2. The molecule has 0 bridgehead atoms. The molecule has 0 aliphatic carbocycles. The summed E-state index contributed by atoms with van der Waals surface area (Å²) < 4.78 is 22.2. The Balaban J connectivity index is 0.000000299. The van der Waals surface area contributed by atoms with Gasteiger partial charge >= 0.3 is 15.6 Å². The topological polar surface area (TPSA) is 165 Å². The molecule has 6 N–H and O–H groups in total. The molecule has 0 heterocycles. The lowest BCUT2D eigenvalue weighted by Gasteiger charge is -2.11. The first-order valence-corrected chi connectivity index (χ1v) is 9.77. The molecule has 25 heavy (non-hydrogen) atoms. The fraction of sp³-hybridized carbons (Fsp3) is 0.143. The van der Waals surface area contributed by atoms with Gasteiger partial charge in [0.25, 0.3) is 0 Å². The fourth-order valence-electron chi connectivity index (χ4n) is 2.10. The lowest BCUT2D eigenvalue weighted by molar-refractivity contribution is 0.225. The zero-order chi connectivity index (χ0) is 19.4. The average Bonchev–Trinajstić information content (AvgIpc) is 2.39. The monoisotopic (exact) mass is 392 g/mol. The van der Waals surface area contributed by atoms with Crippen molar-refractivity contribution in [3.63, 3.8) is 0 Å². The number of rotatable bonds is 3. The van der Waals surface area contributed by atoms with Crippen LogP contribution in [0.15, 0.2) is 36.4 Å². The van der Waals surface area contributed by atoms with Gasteiger partial charge in [-0.2, -0.15) is 4.31 Å². The number of phenolic OH excluding ortho intramolecular Hbond substituents is 2. The van der Waals surface area contributed by atoms with Gasteiger partial charge in [-0.3, -0.25) is 0 Å². The summed E-state index contributed by atoms with van der Waals surface area (Å²) in [7, 11) is -10.1. The van der Waals surface area contributed by atoms with E-state index in [4.69, 9.17) is 19.6 Å². The van der Waals surface area contributed by atoms with Crippen molar-refractivity contribution < 1.29 is 43.2 Å². The highest BCUT2D eigenvalue weighted by Gasteiger charge is 2.27. The second-order valence-electron chi connectivity index (χ2n) is 5.03. The first-order chi connectivity index (χ1) is 11.3. The molecule has 11 heteroatoms. The highest BCUT2D eigenvalue weighted by atomic mass is 31.3. The molecule has 9 nitrogen and oxygen atoms in total. The van der Waals surface area contributed by atoms with E-state index in [1.165, 1.54) is 12.1 Å². The lowest BCUT2D eigenvalue weighted by atomic mass is 9.95. The van der Waals surface area contributed by atoms with Gasteiger partial charge in [0.1, 0.15) is 11.5 Å². The average molecular weight is 392 g/mol. The van der Waals surface area contributed by atoms with E-state index in [1.807, 2.05) is 32.0 Å². The molecule has 0 radical (unpaired) electrons. The SMILES string of the molecule is Cc1cccc(C)c1-c1cc(O)ccc1O.O=P(O)(O)OP(=O)(O)O. The van der Waals surface area contributed by atoms with Crippen LogP contribution in [0.2, 0.25) is 0 Å². The van der Waals surface area contributed by atoms with Gasteiger partial charge in [-0.1, -0.05) is 18.2 Å². The van der Waals surface area contributed by atoms with Crippen molar-refractivity contribution >= 4 is 15.6 Å². The molecule has 0 aliphatic rings. The van der Waals surface area contributed by atoms with E-state index in [9.17, 15) is 19.3 Å². The highest BCUT2D eigenvalue weighted by Crippen LogP contribution is 2.53. The minimum atomic E-state index is -5.05. The first kappa shape index (κ1) is 21.3. The van der Waals surface area contributed by atoms with Gasteiger partial charge in [-0.25, -0.2) is 9.13 Å². The van der Waals surface area contributed by atoms with Crippen LogP contribution in [0, 0.1) is 13.8 Å². The molecule has 2 aromatic carbocycles. The molecule has 0 atom stereocenters. The van der Waals surface area contributed by atoms with Gasteiger partial charge < -0.3 is 29.8 Å². The minimum absolute atomic E-state index is 0.162. The first-order valence-electron chi connectivity index (χ1n) is 6.71. The highest BCUT2D eigenvalue weighted by molar-refractivity contribution is 7.60. The van der Waals surface area contributed by atoms with Crippen molar-refractivity contribution in [1.82, 2.24) is 0 Å². The summed E-state index contributed by atoms with van der Waals surface area (Å²) >= 11 is 0. The van der Waals surface area contributed by atoms with Crippen LogP contribution in [0.25, 0.3) is 11.1 Å². The van der Waals surface area contributed by atoms with Crippen molar-refractivity contribution in [3.8, 4) is 22.6 Å². The summed E-state index contributed by atoms with van der Waals surface area (Å²) in [6, 6.07) is 10.5. The minimum Gasteiger partial charge on any atom is -0.508 e. The van der Waals surface area contributed by atoms with Crippen molar-refractivity contribution in [3.05, 3.63) is 47.5 Å². The third kappa shape index (κ3) is 7.37. The molecule has 0 aromatic heterocycles. The molecule has 0 saturated heterocycles. The predicted molar refractivity (Wildman–Crippen MR) is 89.9 cm³/mol. The second kappa shape index (κ2) is 8.12. The van der Waals surface area contributed by atoms with Crippen molar-refractivity contribution in [2.75, 3.05) is 0 Å². The molecular weight excluding hydrogens is 374 g/mol. The molecule has 0 unspecified atom stereocenters. The standard InChI is InChI=1S/C14H14O2.H4O7P2/c1-9-4-3-5-10(2)14(9)12-8-11(15)6-7-13(12)16;1-8(2,3)7-9(4,5)6/h3-8,15-16H,1-2H3;(H2,1,2,3)(H2,4,5,6). The summed E-state index contributed by atoms with van der Waals surface area (Å²) in [6.07, 6.45) is 0. The Morgan fingerprint density at radius 1 is 0.840 bits per heavy atom. The van der Waals surface area contributed by atoms with Crippen LogP contribution in [0.1, 0.15) is 11.1 Å². The summed E-state index contributed by atoms with van der Waals surface area (Å²) in [4.78, 5) is 31.0.